The van der Waals surface area contributed by atoms with Gasteiger partial charge in [0.05, 0.1) is 5.69 Å². The van der Waals surface area contributed by atoms with E-state index in [-0.39, 0.29) is 18.1 Å². The quantitative estimate of drug-likeness (QED) is 0.753. The fraction of sp³-hybridized carbons (Fsp3) is 0.143. The molecule has 2 aromatic carbocycles. The molecule has 0 atom stereocenters. The number of benzene rings is 2. The zero-order chi connectivity index (χ0) is 19.7. The van der Waals surface area contributed by atoms with Crippen LogP contribution in [0, 0.1) is 6.92 Å². The molecule has 0 fully saturated rings. The third-order valence-corrected chi connectivity index (χ3v) is 4.52. The third kappa shape index (κ3) is 3.22. The van der Waals surface area contributed by atoms with Crippen LogP contribution in [0.5, 0.6) is 11.5 Å². The number of nitrogens with one attached hydrogen (secondary N) is 1. The molecule has 28 heavy (non-hydrogen) atoms. The Balaban J connectivity index is 1.82. The molecule has 142 valence electrons. The van der Waals surface area contributed by atoms with E-state index in [1.54, 1.807) is 42.6 Å². The molecule has 1 N–H and O–H groups in total. The van der Waals surface area contributed by atoms with Crippen molar-refractivity contribution in [1.29, 1.82) is 0 Å². The molecular weight excluding hydrogens is 363 g/mol. The van der Waals surface area contributed by atoms with Crippen molar-refractivity contribution in [1.82, 2.24) is 4.57 Å². The van der Waals surface area contributed by atoms with Crippen LogP contribution in [-0.4, -0.2) is 23.9 Å². The molecule has 7 heteroatoms. The highest BCUT2D eigenvalue weighted by atomic mass is 19.1. The number of pyridine rings is 1. The second-order valence-electron chi connectivity index (χ2n) is 6.34. The number of anilines is 1. The van der Waals surface area contributed by atoms with Crippen molar-refractivity contribution in [3.63, 3.8) is 0 Å². The Morgan fingerprint density at radius 3 is 2.68 bits per heavy atom. The first kappa shape index (κ1) is 17.8. The average molecular weight is 380 g/mol. The van der Waals surface area contributed by atoms with Crippen molar-refractivity contribution in [3.05, 3.63) is 70.6 Å². The van der Waals surface area contributed by atoms with E-state index >= 15 is 0 Å². The molecule has 0 aliphatic carbocycles. The minimum Gasteiger partial charge on any atom is -0.481 e. The summed E-state index contributed by atoms with van der Waals surface area (Å²) in [6, 6.07) is 13.6. The highest BCUT2D eigenvalue weighted by Gasteiger charge is 2.21. The minimum absolute atomic E-state index is 0.0568. The molecule has 0 saturated carbocycles. The first-order valence-electron chi connectivity index (χ1n) is 8.65. The maximum atomic E-state index is 12.5. The number of aryl methyl sites for hydroxylation is 1. The van der Waals surface area contributed by atoms with Gasteiger partial charge in [-0.1, -0.05) is 12.1 Å². The number of carbonyl (C=O) groups is 1. The van der Waals surface area contributed by atoms with Gasteiger partial charge in [-0.15, -0.1) is 0 Å². The molecule has 0 unspecified atom stereocenters. The number of carbonyl (C=O) groups excluding carboxylic acids is 1. The van der Waals surface area contributed by atoms with E-state index in [0.717, 1.165) is 16.7 Å². The predicted molar refractivity (Wildman–Crippen MR) is 103 cm³/mol. The number of hydrogen-bond donors (Lipinski definition) is 1. The van der Waals surface area contributed by atoms with Crippen molar-refractivity contribution in [2.24, 2.45) is 0 Å². The Hall–Kier alpha value is -3.61. The second-order valence-corrected chi connectivity index (χ2v) is 6.34. The van der Waals surface area contributed by atoms with Gasteiger partial charge in [-0.25, -0.2) is 4.39 Å². The van der Waals surface area contributed by atoms with Gasteiger partial charge in [-0.05, 0) is 42.8 Å². The summed E-state index contributed by atoms with van der Waals surface area (Å²) in [4.78, 5) is 24.1. The topological polar surface area (TPSA) is 69.6 Å². The van der Waals surface area contributed by atoms with Crippen LogP contribution in [-0.2, 0) is 4.79 Å². The lowest BCUT2D eigenvalue weighted by Crippen LogP contribution is -2.25. The zero-order valence-corrected chi connectivity index (χ0v) is 15.1. The van der Waals surface area contributed by atoms with Crippen molar-refractivity contribution < 1.29 is 18.7 Å². The summed E-state index contributed by atoms with van der Waals surface area (Å²) in [6.45, 7) is 0.877. The van der Waals surface area contributed by atoms with Gasteiger partial charge in [0.1, 0.15) is 5.75 Å². The highest BCUT2D eigenvalue weighted by molar-refractivity contribution is 5.97. The van der Waals surface area contributed by atoms with Gasteiger partial charge >= 0.3 is 0 Å². The Kier molecular flexibility index (Phi) is 4.57. The van der Waals surface area contributed by atoms with Crippen molar-refractivity contribution in [2.45, 2.75) is 6.92 Å². The Morgan fingerprint density at radius 1 is 1.14 bits per heavy atom. The van der Waals surface area contributed by atoms with Crippen molar-refractivity contribution in [2.75, 3.05) is 18.8 Å². The number of rotatable bonds is 4. The molecular formula is C21H17FN2O4. The lowest BCUT2D eigenvalue weighted by molar-refractivity contribution is -0.118. The Labute approximate surface area is 160 Å². The van der Waals surface area contributed by atoms with E-state index in [1.807, 2.05) is 19.1 Å². The summed E-state index contributed by atoms with van der Waals surface area (Å²) >= 11 is 0. The number of halogens is 1. The van der Waals surface area contributed by atoms with Crippen LogP contribution in [0.2, 0.25) is 0 Å². The van der Waals surface area contributed by atoms with E-state index in [2.05, 4.69) is 5.32 Å². The average Bonchev–Trinajstić information content (AvgIpc) is 2.69. The van der Waals surface area contributed by atoms with E-state index in [9.17, 15) is 14.0 Å². The molecule has 1 aromatic heterocycles. The van der Waals surface area contributed by atoms with Gasteiger partial charge in [0, 0.05) is 29.1 Å². The minimum atomic E-state index is -0.913. The number of ether oxygens (including phenoxy) is 2. The summed E-state index contributed by atoms with van der Waals surface area (Å²) in [7, 11) is 0. The monoisotopic (exact) mass is 380 g/mol. The van der Waals surface area contributed by atoms with E-state index in [1.165, 1.54) is 4.57 Å². The van der Waals surface area contributed by atoms with Crippen molar-refractivity contribution >= 4 is 11.6 Å². The third-order valence-electron chi connectivity index (χ3n) is 4.52. The maximum Gasteiger partial charge on any atom is 0.262 e. The number of fused-ring (bicyclic) bond motifs is 1. The van der Waals surface area contributed by atoms with Crippen LogP contribution >= 0.6 is 0 Å². The standard InChI is InChI=1S/C21H17FN2O4/c1-13-9-20(26)24(14-5-7-15(8-6-14)28-12-22)10-17(13)16-3-2-4-18-21(16)27-11-19(25)23-18/h2-10H,11-12H2,1H3,(H,23,25). The summed E-state index contributed by atoms with van der Waals surface area (Å²) < 4.78 is 24.2. The summed E-state index contributed by atoms with van der Waals surface area (Å²) in [6.07, 6.45) is 1.73. The summed E-state index contributed by atoms with van der Waals surface area (Å²) in [5.74, 6) is 0.747. The largest absolute Gasteiger partial charge is 0.481 e. The lowest BCUT2D eigenvalue weighted by atomic mass is 10.0. The smallest absolute Gasteiger partial charge is 0.262 e. The molecule has 6 nitrogen and oxygen atoms in total. The van der Waals surface area contributed by atoms with Gasteiger partial charge < -0.3 is 14.8 Å². The maximum absolute atomic E-state index is 12.5. The zero-order valence-electron chi connectivity index (χ0n) is 15.1. The Morgan fingerprint density at radius 2 is 1.93 bits per heavy atom. The Bertz CT molecular complexity index is 1110. The normalized spacial score (nSPS) is 12.7. The molecule has 1 amide bonds. The molecule has 0 radical (unpaired) electrons. The number of amides is 1. The molecule has 1 aliphatic rings. The van der Waals surface area contributed by atoms with Gasteiger partial charge in [0.15, 0.2) is 12.4 Å². The predicted octanol–water partition coefficient (Wildman–Crippen LogP) is 3.45. The second kappa shape index (κ2) is 7.19. The van der Waals surface area contributed by atoms with Crippen LogP contribution in [0.25, 0.3) is 16.8 Å². The van der Waals surface area contributed by atoms with Crippen LogP contribution in [0.3, 0.4) is 0 Å². The van der Waals surface area contributed by atoms with Gasteiger partial charge in [0.2, 0.25) is 6.86 Å². The molecule has 2 heterocycles. The first-order valence-corrected chi connectivity index (χ1v) is 8.65. The molecule has 4 rings (SSSR count). The molecule has 1 aliphatic heterocycles. The molecule has 0 bridgehead atoms. The molecule has 3 aromatic rings. The number of para-hydroxylation sites is 1. The number of alkyl halides is 1. The highest BCUT2D eigenvalue weighted by Crippen LogP contribution is 2.39. The lowest BCUT2D eigenvalue weighted by Gasteiger charge is -2.22. The van der Waals surface area contributed by atoms with Crippen LogP contribution in [0.15, 0.2) is 59.5 Å². The van der Waals surface area contributed by atoms with E-state index in [0.29, 0.717) is 22.9 Å². The van der Waals surface area contributed by atoms with E-state index < -0.39 is 6.86 Å². The van der Waals surface area contributed by atoms with E-state index in [4.69, 9.17) is 9.47 Å². The van der Waals surface area contributed by atoms with Crippen molar-refractivity contribution in [3.8, 4) is 28.3 Å². The SMILES string of the molecule is Cc1cc(=O)n(-c2ccc(OCF)cc2)cc1-c1cccc2c1OCC(=O)N2. The summed E-state index contributed by atoms with van der Waals surface area (Å²) in [5, 5.41) is 2.79. The fourth-order valence-corrected chi connectivity index (χ4v) is 3.20. The van der Waals surface area contributed by atoms with Crippen LogP contribution in [0.1, 0.15) is 5.56 Å². The summed E-state index contributed by atoms with van der Waals surface area (Å²) in [5.41, 5.74) is 3.39. The number of hydrogen-bond acceptors (Lipinski definition) is 4. The molecule has 0 spiro atoms. The van der Waals surface area contributed by atoms with Gasteiger partial charge in [-0.2, -0.15) is 0 Å². The number of nitrogens with zero attached hydrogens (tertiary/aromatic N) is 1. The number of aromatic nitrogens is 1. The van der Waals surface area contributed by atoms with Crippen LogP contribution in [0.4, 0.5) is 10.1 Å². The molecule has 0 saturated heterocycles. The fourth-order valence-electron chi connectivity index (χ4n) is 3.20. The van der Waals surface area contributed by atoms with Gasteiger partial charge in [-0.3, -0.25) is 14.2 Å². The first-order chi connectivity index (χ1) is 13.6. The van der Waals surface area contributed by atoms with Crippen LogP contribution < -0.4 is 20.3 Å². The van der Waals surface area contributed by atoms with Gasteiger partial charge in [0.25, 0.3) is 11.5 Å².